The highest BCUT2D eigenvalue weighted by Gasteiger charge is 2.45. The fraction of sp³-hybridized carbons (Fsp3) is 0.323. The van der Waals surface area contributed by atoms with Gasteiger partial charge in [-0.15, -0.1) is 10.2 Å². The van der Waals surface area contributed by atoms with E-state index in [1.165, 1.54) is 44.4 Å². The highest BCUT2D eigenvalue weighted by Crippen LogP contribution is 2.50. The number of thioether (sulfide) groups is 1. The number of hydrogen-bond donors (Lipinski definition) is 2. The van der Waals surface area contributed by atoms with Gasteiger partial charge < -0.3 is 25.3 Å². The number of carbonyl (C=O) groups is 2. The third kappa shape index (κ3) is 5.95. The predicted octanol–water partition coefficient (Wildman–Crippen LogP) is 5.24. The van der Waals surface area contributed by atoms with Gasteiger partial charge in [0.15, 0.2) is 21.6 Å². The van der Waals surface area contributed by atoms with Crippen molar-refractivity contribution >= 4 is 45.6 Å². The first-order valence-corrected chi connectivity index (χ1v) is 15.5. The van der Waals surface area contributed by atoms with Crippen LogP contribution in [0.2, 0.25) is 0 Å². The summed E-state index contributed by atoms with van der Waals surface area (Å²) in [6, 6.07) is 15.0. The third-order valence-electron chi connectivity index (χ3n) is 7.38. The fourth-order valence-electron chi connectivity index (χ4n) is 5.53. The minimum absolute atomic E-state index is 0.0158. The highest BCUT2D eigenvalue weighted by molar-refractivity contribution is 8.01. The van der Waals surface area contributed by atoms with Crippen LogP contribution in [0, 0.1) is 16.7 Å². The molecule has 0 saturated heterocycles. The van der Waals surface area contributed by atoms with Gasteiger partial charge in [-0.2, -0.15) is 5.26 Å². The summed E-state index contributed by atoms with van der Waals surface area (Å²) in [5.74, 6) is 0.676. The molecule has 44 heavy (non-hydrogen) atoms. The number of Topliss-reactive ketones (excluding diaryl/α,β-unsaturated/α-hetero) is 1. The monoisotopic (exact) mass is 632 g/mol. The molecule has 0 fully saturated rings. The number of aromatic nitrogens is 2. The van der Waals surface area contributed by atoms with Crippen LogP contribution in [0.1, 0.15) is 38.2 Å². The Morgan fingerprint density at radius 1 is 1.14 bits per heavy atom. The smallest absolute Gasteiger partial charge is 0.234 e. The van der Waals surface area contributed by atoms with Gasteiger partial charge in [-0.05, 0) is 17.4 Å². The Balaban J connectivity index is 1.40. The van der Waals surface area contributed by atoms with Gasteiger partial charge in [0.2, 0.25) is 16.8 Å². The van der Waals surface area contributed by atoms with Crippen LogP contribution in [0.15, 0.2) is 69.5 Å². The van der Waals surface area contributed by atoms with Crippen molar-refractivity contribution in [1.29, 1.82) is 5.26 Å². The van der Waals surface area contributed by atoms with Gasteiger partial charge in [0.1, 0.15) is 5.82 Å². The lowest BCUT2D eigenvalue weighted by atomic mass is 9.69. The number of nitrogens with two attached hydrogens (primary N) is 1. The number of ketones is 1. The number of amides is 1. The van der Waals surface area contributed by atoms with Crippen molar-refractivity contribution in [3.63, 3.8) is 0 Å². The zero-order valence-corrected chi connectivity index (χ0v) is 26.6. The van der Waals surface area contributed by atoms with Gasteiger partial charge in [-0.1, -0.05) is 67.3 Å². The zero-order chi connectivity index (χ0) is 31.6. The van der Waals surface area contributed by atoms with Gasteiger partial charge in [0.25, 0.3) is 0 Å². The second kappa shape index (κ2) is 12.6. The number of nitrogens with one attached hydrogen (secondary N) is 1. The average Bonchev–Trinajstić information content (AvgIpc) is 3.47. The van der Waals surface area contributed by atoms with Gasteiger partial charge in [0.05, 0.1) is 44.6 Å². The summed E-state index contributed by atoms with van der Waals surface area (Å²) in [6.07, 6.45) is 0.927. The molecule has 2 aliphatic rings. The molecular formula is C31H32N6O5S2. The summed E-state index contributed by atoms with van der Waals surface area (Å²) in [6.45, 7) is 4.08. The van der Waals surface area contributed by atoms with Gasteiger partial charge in [-0.25, -0.2) is 0 Å². The molecule has 11 nitrogen and oxygen atoms in total. The van der Waals surface area contributed by atoms with Crippen molar-refractivity contribution < 1.29 is 23.8 Å². The topological polar surface area (TPSA) is 153 Å². The number of anilines is 2. The molecule has 13 heteroatoms. The number of ether oxygens (including phenoxy) is 3. The summed E-state index contributed by atoms with van der Waals surface area (Å²) in [7, 11) is 4.51. The van der Waals surface area contributed by atoms with Gasteiger partial charge >= 0.3 is 0 Å². The summed E-state index contributed by atoms with van der Waals surface area (Å²) < 4.78 is 16.6. The molecule has 2 heterocycles. The van der Waals surface area contributed by atoms with E-state index in [1.54, 1.807) is 17.0 Å². The first-order chi connectivity index (χ1) is 21.1. The summed E-state index contributed by atoms with van der Waals surface area (Å²) in [4.78, 5) is 28.2. The lowest BCUT2D eigenvalue weighted by Gasteiger charge is -2.42. The Labute approximate surface area is 263 Å². The van der Waals surface area contributed by atoms with Crippen LogP contribution in [0.25, 0.3) is 0 Å². The molecule has 1 atom stereocenters. The number of allylic oxidation sites excluding steroid dienone is 3. The molecular weight excluding hydrogens is 601 g/mol. The van der Waals surface area contributed by atoms with Crippen molar-refractivity contribution in [1.82, 2.24) is 10.2 Å². The van der Waals surface area contributed by atoms with Crippen molar-refractivity contribution in [3.8, 4) is 23.3 Å². The molecule has 0 saturated carbocycles. The lowest BCUT2D eigenvalue weighted by molar-refractivity contribution is -0.118. The van der Waals surface area contributed by atoms with Crippen LogP contribution in [-0.4, -0.2) is 49.0 Å². The second-order valence-corrected chi connectivity index (χ2v) is 13.2. The largest absolute Gasteiger partial charge is 0.493 e. The maximum absolute atomic E-state index is 13.7. The second-order valence-electron chi connectivity index (χ2n) is 11.0. The Kier molecular flexibility index (Phi) is 8.85. The Hall–Kier alpha value is -4.54. The minimum Gasteiger partial charge on any atom is -0.493 e. The zero-order valence-electron chi connectivity index (χ0n) is 25.0. The summed E-state index contributed by atoms with van der Waals surface area (Å²) >= 11 is 2.45. The van der Waals surface area contributed by atoms with E-state index in [2.05, 4.69) is 21.6 Å². The van der Waals surface area contributed by atoms with E-state index in [-0.39, 0.29) is 34.3 Å². The Morgan fingerprint density at radius 2 is 1.82 bits per heavy atom. The van der Waals surface area contributed by atoms with Crippen LogP contribution in [-0.2, 0) is 9.59 Å². The number of nitriles is 1. The Morgan fingerprint density at radius 3 is 2.43 bits per heavy atom. The maximum Gasteiger partial charge on any atom is 0.234 e. The van der Waals surface area contributed by atoms with Crippen LogP contribution >= 0.6 is 23.1 Å². The van der Waals surface area contributed by atoms with E-state index in [4.69, 9.17) is 19.9 Å². The first-order valence-electron chi connectivity index (χ1n) is 13.7. The van der Waals surface area contributed by atoms with E-state index in [1.807, 2.05) is 44.2 Å². The van der Waals surface area contributed by atoms with Crippen molar-refractivity contribution in [2.45, 2.75) is 36.9 Å². The quantitative estimate of drug-likeness (QED) is 0.298. The van der Waals surface area contributed by atoms with Crippen molar-refractivity contribution in [2.75, 3.05) is 37.3 Å². The number of rotatable bonds is 9. The van der Waals surface area contributed by atoms with E-state index >= 15 is 0 Å². The van der Waals surface area contributed by atoms with E-state index in [0.717, 1.165) is 11.3 Å². The molecule has 5 rings (SSSR count). The molecule has 2 aromatic carbocycles. The van der Waals surface area contributed by atoms with Gasteiger partial charge in [0, 0.05) is 35.5 Å². The molecule has 1 aliphatic carbocycles. The highest BCUT2D eigenvalue weighted by atomic mass is 32.2. The Bertz CT molecular complexity index is 1680. The lowest BCUT2D eigenvalue weighted by Crippen LogP contribution is -2.42. The van der Waals surface area contributed by atoms with Crippen LogP contribution < -0.4 is 30.2 Å². The normalized spacial score (nSPS) is 17.6. The molecule has 1 unspecified atom stereocenters. The molecule has 0 bridgehead atoms. The molecule has 1 aliphatic heterocycles. The summed E-state index contributed by atoms with van der Waals surface area (Å²) in [5.41, 5.74) is 9.28. The number of nitrogens with zero attached hydrogens (tertiary/aromatic N) is 4. The number of hydrogen-bond acceptors (Lipinski definition) is 12. The van der Waals surface area contributed by atoms with Crippen molar-refractivity contribution in [2.24, 2.45) is 11.1 Å². The summed E-state index contributed by atoms with van der Waals surface area (Å²) in [5, 5.41) is 22.2. The number of benzene rings is 2. The minimum atomic E-state index is -0.559. The van der Waals surface area contributed by atoms with Crippen LogP contribution in [0.5, 0.6) is 17.2 Å². The number of carbonyl (C=O) groups excluding carboxylic acids is 2. The number of methoxy groups -OCH3 is 3. The van der Waals surface area contributed by atoms with Gasteiger partial charge in [-0.3, -0.25) is 14.5 Å². The molecule has 0 radical (unpaired) electrons. The molecule has 0 spiro atoms. The predicted molar refractivity (Wildman–Crippen MR) is 169 cm³/mol. The standard InChI is InChI=1S/C31H32N6O5S2/c1-31(2)13-20-26(21(38)14-31)25(17-9-7-6-8-10-17)19(15-32)28(33)37(20)29-35-36-30(44-29)43-16-24(39)34-18-11-22(40-3)27(42-5)23(12-18)41-4/h6-12,25H,13-14,16,33H2,1-5H3,(H,34,39). The molecule has 1 amide bonds. The van der Waals surface area contributed by atoms with Crippen LogP contribution in [0.3, 0.4) is 0 Å². The van der Waals surface area contributed by atoms with E-state index in [9.17, 15) is 14.9 Å². The fourth-order valence-corrected chi connectivity index (χ4v) is 7.22. The van der Waals surface area contributed by atoms with E-state index < -0.39 is 5.92 Å². The maximum atomic E-state index is 13.7. The first kappa shape index (κ1) is 30.9. The molecule has 1 aromatic heterocycles. The van der Waals surface area contributed by atoms with Crippen LogP contribution in [0.4, 0.5) is 10.8 Å². The van der Waals surface area contributed by atoms with Crippen molar-refractivity contribution in [3.05, 3.63) is 70.7 Å². The third-order valence-corrected chi connectivity index (χ3v) is 9.42. The molecule has 228 valence electrons. The average molecular weight is 633 g/mol. The molecule has 3 aromatic rings. The molecule has 3 N–H and O–H groups in total. The SMILES string of the molecule is COc1cc(NC(=O)CSc2nnc(N3C(N)=C(C#N)C(c4ccccc4)C4=C3CC(C)(C)CC4=O)s2)cc(OC)c1OC. The van der Waals surface area contributed by atoms with E-state index in [0.29, 0.717) is 50.8 Å².